The normalized spacial score (nSPS) is 19.3. The Kier molecular flexibility index (Phi) is 2.89. The van der Waals surface area contributed by atoms with Crippen LogP contribution in [0.5, 0.6) is 0 Å². The van der Waals surface area contributed by atoms with E-state index in [1.54, 1.807) is 13.2 Å². The van der Waals surface area contributed by atoms with Crippen LogP contribution in [0.15, 0.2) is 28.4 Å². The molecular formula is C13H13N3O4S. The Morgan fingerprint density at radius 1 is 1.29 bits per heavy atom. The number of sulfone groups is 1. The number of fused-ring (bicyclic) bond motifs is 1. The first-order valence-corrected chi connectivity index (χ1v) is 7.83. The lowest BCUT2D eigenvalue weighted by Gasteiger charge is -2.21. The van der Waals surface area contributed by atoms with Crippen LogP contribution in [0.2, 0.25) is 0 Å². The van der Waals surface area contributed by atoms with Crippen molar-refractivity contribution in [2.45, 2.75) is 6.42 Å². The average molecular weight is 307 g/mol. The fraction of sp³-hybridized carbons (Fsp3) is 0.231. The van der Waals surface area contributed by atoms with Gasteiger partial charge in [0, 0.05) is 19.4 Å². The summed E-state index contributed by atoms with van der Waals surface area (Å²) in [6.07, 6.45) is 3.23. The highest BCUT2D eigenvalue weighted by molar-refractivity contribution is 7.99. The molecule has 1 aromatic rings. The number of aryl methyl sites for hydroxylation is 1. The van der Waals surface area contributed by atoms with Crippen molar-refractivity contribution in [1.29, 1.82) is 0 Å². The molecule has 2 heterocycles. The van der Waals surface area contributed by atoms with E-state index in [0.29, 0.717) is 18.5 Å². The summed E-state index contributed by atoms with van der Waals surface area (Å²) >= 11 is 0. The molecule has 21 heavy (non-hydrogen) atoms. The third-order valence-corrected chi connectivity index (χ3v) is 4.99. The van der Waals surface area contributed by atoms with E-state index in [4.69, 9.17) is 5.73 Å². The minimum absolute atomic E-state index is 0.0999. The van der Waals surface area contributed by atoms with Gasteiger partial charge < -0.3 is 15.6 Å². The Bertz CT molecular complexity index is 843. The molecular weight excluding hydrogens is 294 g/mol. The van der Waals surface area contributed by atoms with Gasteiger partial charge in [-0.15, -0.1) is 0 Å². The molecule has 0 aromatic carbocycles. The van der Waals surface area contributed by atoms with Crippen LogP contribution in [0.25, 0.3) is 0 Å². The van der Waals surface area contributed by atoms with Crippen LogP contribution in [0.1, 0.15) is 26.4 Å². The molecule has 1 aliphatic heterocycles. The van der Waals surface area contributed by atoms with Crippen molar-refractivity contribution in [2.75, 3.05) is 6.54 Å². The lowest BCUT2D eigenvalue weighted by atomic mass is 9.94. The van der Waals surface area contributed by atoms with Crippen LogP contribution in [0.3, 0.4) is 0 Å². The lowest BCUT2D eigenvalue weighted by molar-refractivity contribution is 0.0971. The Labute approximate surface area is 121 Å². The summed E-state index contributed by atoms with van der Waals surface area (Å²) in [4.78, 5) is 24.6. The number of ketones is 2. The Morgan fingerprint density at radius 3 is 2.67 bits per heavy atom. The van der Waals surface area contributed by atoms with E-state index in [0.717, 1.165) is 11.6 Å². The maximum Gasteiger partial charge on any atom is 0.224 e. The predicted molar refractivity (Wildman–Crippen MR) is 75.1 cm³/mol. The Balaban J connectivity index is 2.29. The zero-order valence-corrected chi connectivity index (χ0v) is 12.0. The maximum atomic E-state index is 12.6. The van der Waals surface area contributed by atoms with E-state index in [-0.39, 0.29) is 17.0 Å². The summed E-state index contributed by atoms with van der Waals surface area (Å²) in [5, 5.41) is 3.47. The van der Waals surface area contributed by atoms with Crippen LogP contribution in [0, 0.1) is 0 Å². The highest BCUT2D eigenvalue weighted by Crippen LogP contribution is 2.33. The summed E-state index contributed by atoms with van der Waals surface area (Å²) in [7, 11) is -2.29. The number of carbonyl (C=O) groups excluding carboxylic acids is 2. The molecule has 3 rings (SSSR count). The van der Waals surface area contributed by atoms with E-state index in [2.05, 4.69) is 5.32 Å². The van der Waals surface area contributed by atoms with Gasteiger partial charge in [-0.2, -0.15) is 0 Å². The van der Waals surface area contributed by atoms with Gasteiger partial charge in [0.25, 0.3) is 0 Å². The number of nitrogens with one attached hydrogen (secondary N) is 1. The molecule has 1 aromatic heterocycles. The molecule has 0 saturated carbocycles. The van der Waals surface area contributed by atoms with Gasteiger partial charge in [0.2, 0.25) is 21.4 Å². The predicted octanol–water partition coefficient (Wildman–Crippen LogP) is -0.394. The SMILES string of the molecule is Cn1cc(CCN)c2c1C(=O)C1=C(NC=CS1(=O)=O)C2=O. The van der Waals surface area contributed by atoms with Crippen LogP contribution in [-0.4, -0.2) is 31.1 Å². The summed E-state index contributed by atoms with van der Waals surface area (Å²) in [5.74, 6) is -1.15. The molecule has 0 saturated heterocycles. The van der Waals surface area contributed by atoms with Gasteiger partial charge in [-0.25, -0.2) is 8.42 Å². The minimum Gasteiger partial charge on any atom is -0.357 e. The number of nitrogens with two attached hydrogens (primary N) is 1. The molecule has 8 heteroatoms. The summed E-state index contributed by atoms with van der Waals surface area (Å²) < 4.78 is 25.6. The number of nitrogens with zero attached hydrogens (tertiary/aromatic N) is 1. The zero-order chi connectivity index (χ0) is 15.4. The van der Waals surface area contributed by atoms with Gasteiger partial charge in [-0.05, 0) is 18.5 Å². The van der Waals surface area contributed by atoms with Crippen molar-refractivity contribution in [3.8, 4) is 0 Å². The molecule has 110 valence electrons. The first-order chi connectivity index (χ1) is 9.88. The number of aromatic nitrogens is 1. The molecule has 0 bridgehead atoms. The van der Waals surface area contributed by atoms with Crippen molar-refractivity contribution < 1.29 is 18.0 Å². The fourth-order valence-electron chi connectivity index (χ4n) is 2.69. The van der Waals surface area contributed by atoms with Crippen molar-refractivity contribution in [1.82, 2.24) is 9.88 Å². The standard InChI is InChI=1S/C13H13N3O4S/c1-16-6-7(2-3-14)8-10(16)12(18)13-9(11(8)17)15-4-5-21(13,19)20/h4-6,15H,2-3,14H2,1H3. The number of hydrogen-bond acceptors (Lipinski definition) is 6. The van der Waals surface area contributed by atoms with Gasteiger partial charge in [-0.1, -0.05) is 0 Å². The molecule has 0 unspecified atom stereocenters. The molecule has 0 fully saturated rings. The van der Waals surface area contributed by atoms with E-state index >= 15 is 0 Å². The smallest absolute Gasteiger partial charge is 0.224 e. The van der Waals surface area contributed by atoms with Crippen molar-refractivity contribution in [3.63, 3.8) is 0 Å². The second-order valence-corrected chi connectivity index (χ2v) is 6.65. The van der Waals surface area contributed by atoms with Crippen LogP contribution >= 0.6 is 0 Å². The third-order valence-electron chi connectivity index (χ3n) is 3.54. The van der Waals surface area contributed by atoms with Gasteiger partial charge >= 0.3 is 0 Å². The highest BCUT2D eigenvalue weighted by atomic mass is 32.2. The molecule has 3 N–H and O–H groups in total. The van der Waals surface area contributed by atoms with Crippen LogP contribution in [-0.2, 0) is 23.3 Å². The summed E-state index contributed by atoms with van der Waals surface area (Å²) in [6, 6.07) is 0. The number of carbonyl (C=O) groups is 2. The Morgan fingerprint density at radius 2 is 2.00 bits per heavy atom. The third kappa shape index (κ3) is 1.79. The van der Waals surface area contributed by atoms with Crippen molar-refractivity contribution in [2.24, 2.45) is 12.8 Å². The zero-order valence-electron chi connectivity index (χ0n) is 11.2. The van der Waals surface area contributed by atoms with E-state index in [1.165, 1.54) is 4.57 Å². The second-order valence-electron chi connectivity index (χ2n) is 4.88. The fourth-order valence-corrected chi connectivity index (χ4v) is 3.86. The van der Waals surface area contributed by atoms with Crippen molar-refractivity contribution >= 4 is 21.4 Å². The van der Waals surface area contributed by atoms with Gasteiger partial charge in [-0.3, -0.25) is 9.59 Å². The number of hydrogen-bond donors (Lipinski definition) is 2. The second kappa shape index (κ2) is 4.40. The molecule has 0 spiro atoms. The molecule has 0 atom stereocenters. The van der Waals surface area contributed by atoms with Crippen LogP contribution in [0.4, 0.5) is 0 Å². The number of Topliss-reactive ketones (excluding diaryl/α,β-unsaturated/α-hetero) is 2. The molecule has 0 radical (unpaired) electrons. The Hall–Kier alpha value is -2.19. The summed E-state index contributed by atoms with van der Waals surface area (Å²) in [6.45, 7) is 0.329. The highest BCUT2D eigenvalue weighted by Gasteiger charge is 2.42. The average Bonchev–Trinajstić information content (AvgIpc) is 2.72. The largest absolute Gasteiger partial charge is 0.357 e. The molecule has 0 amide bonds. The number of allylic oxidation sites excluding steroid dienone is 2. The molecule has 7 nitrogen and oxygen atoms in total. The topological polar surface area (TPSA) is 111 Å². The van der Waals surface area contributed by atoms with E-state index in [9.17, 15) is 18.0 Å². The monoisotopic (exact) mass is 307 g/mol. The van der Waals surface area contributed by atoms with Crippen LogP contribution < -0.4 is 11.1 Å². The lowest BCUT2D eigenvalue weighted by Crippen LogP contribution is -2.34. The molecule has 2 aliphatic rings. The van der Waals surface area contributed by atoms with Gasteiger partial charge in [0.15, 0.2) is 0 Å². The number of rotatable bonds is 2. The summed E-state index contributed by atoms with van der Waals surface area (Å²) in [5.41, 5.74) is 6.32. The van der Waals surface area contributed by atoms with E-state index < -0.39 is 26.3 Å². The first-order valence-electron chi connectivity index (χ1n) is 6.28. The van der Waals surface area contributed by atoms with E-state index in [1.807, 2.05) is 0 Å². The maximum absolute atomic E-state index is 12.6. The minimum atomic E-state index is -3.90. The van der Waals surface area contributed by atoms with Gasteiger partial charge in [0.05, 0.1) is 11.0 Å². The van der Waals surface area contributed by atoms with Crippen molar-refractivity contribution in [3.05, 3.63) is 45.2 Å². The first kappa shape index (κ1) is 13.8. The quantitative estimate of drug-likeness (QED) is 0.769. The van der Waals surface area contributed by atoms with Gasteiger partial charge in [0.1, 0.15) is 16.3 Å². The molecule has 1 aliphatic carbocycles.